The molecule has 8 rings (SSSR count). The predicted octanol–water partition coefficient (Wildman–Crippen LogP) is 7.95. The molecular formula is C54H58O11. The first-order valence-corrected chi connectivity index (χ1v) is 22.3. The maximum absolute atomic E-state index is 11.9. The monoisotopic (exact) mass is 882 g/mol. The smallest absolute Gasteiger partial charge is 0.187 e. The normalized spacial score (nSPS) is 25.6. The molecule has 0 unspecified atom stereocenters. The maximum atomic E-state index is 11.9. The molecule has 2 fully saturated rings. The fourth-order valence-electron chi connectivity index (χ4n) is 7.95. The lowest BCUT2D eigenvalue weighted by Gasteiger charge is -2.49. The van der Waals surface area contributed by atoms with Crippen LogP contribution in [-0.4, -0.2) is 84.8 Å². The van der Waals surface area contributed by atoms with E-state index in [0.29, 0.717) is 6.61 Å². The van der Waals surface area contributed by atoms with Crippen LogP contribution < -0.4 is 0 Å². The highest BCUT2D eigenvalue weighted by molar-refractivity contribution is 5.18. The summed E-state index contributed by atoms with van der Waals surface area (Å²) in [6.45, 7) is 1.40. The third-order valence-electron chi connectivity index (χ3n) is 11.4. The zero-order valence-corrected chi connectivity index (χ0v) is 36.3. The van der Waals surface area contributed by atoms with Crippen LogP contribution in [0.15, 0.2) is 182 Å². The Kier molecular flexibility index (Phi) is 17.4. The molecule has 0 bridgehead atoms. The number of aliphatic hydroxyl groups excluding tert-OH is 2. The molecule has 2 aliphatic rings. The number of benzene rings is 6. The topological polar surface area (TPSA) is 124 Å². The first-order chi connectivity index (χ1) is 32.1. The Hall–Kier alpha value is -5.12. The van der Waals surface area contributed by atoms with Gasteiger partial charge in [-0.2, -0.15) is 0 Å². The molecule has 0 spiro atoms. The fourth-order valence-corrected chi connectivity index (χ4v) is 7.95. The van der Waals surface area contributed by atoms with Crippen molar-refractivity contribution in [3.05, 3.63) is 215 Å². The Morgan fingerprint density at radius 2 is 0.662 bits per heavy atom. The summed E-state index contributed by atoms with van der Waals surface area (Å²) in [5, 5.41) is 23.5. The van der Waals surface area contributed by atoms with Gasteiger partial charge in [0.25, 0.3) is 0 Å². The second kappa shape index (κ2) is 24.4. The summed E-state index contributed by atoms with van der Waals surface area (Å²) in [5.41, 5.74) is 5.65. The van der Waals surface area contributed by atoms with E-state index in [1.165, 1.54) is 0 Å². The molecule has 2 N–H and O–H groups in total. The molecule has 6 aromatic rings. The van der Waals surface area contributed by atoms with E-state index < -0.39 is 61.4 Å². The Morgan fingerprint density at radius 1 is 0.323 bits per heavy atom. The molecule has 65 heavy (non-hydrogen) atoms. The summed E-state index contributed by atoms with van der Waals surface area (Å²) in [4.78, 5) is 0. The molecule has 11 heteroatoms. The first kappa shape index (κ1) is 46.4. The van der Waals surface area contributed by atoms with Crippen LogP contribution in [0.1, 0.15) is 33.4 Å². The third-order valence-corrected chi connectivity index (χ3v) is 11.4. The SMILES string of the molecule is O[C@@H]1[C@H](O)[C@@H](OCc2ccccc2)[C@H](O[C@H]2[C@H](OCc3ccccc3)[C@@H](OCc3ccccc3)[C@@H](OCc3ccccc3)O[C@@H]2COCc2ccccc2)O[C@@H]1COCc1ccccc1. The summed E-state index contributed by atoms with van der Waals surface area (Å²) in [7, 11) is 0. The highest BCUT2D eigenvalue weighted by Gasteiger charge is 2.53. The van der Waals surface area contributed by atoms with Crippen molar-refractivity contribution < 1.29 is 52.8 Å². The van der Waals surface area contributed by atoms with Gasteiger partial charge in [-0.1, -0.05) is 182 Å². The van der Waals surface area contributed by atoms with Gasteiger partial charge in [0.2, 0.25) is 0 Å². The largest absolute Gasteiger partial charge is 0.387 e. The van der Waals surface area contributed by atoms with Crippen LogP contribution in [0.4, 0.5) is 0 Å². The standard InChI is InChI=1S/C54H58O11/c55-47-45(37-57-31-39-19-7-1-8-20-39)63-54(50(48(47)56)59-33-41-23-11-3-12-24-41)65-49-46(38-58-32-40-21-9-2-10-22-40)64-53(62-36-44-29-17-6-18-30-44)52(61-35-43-27-15-5-16-28-43)51(49)60-34-42-25-13-4-14-26-42/h1-30,45-56H,31-38H2/t45-,46-,47+,48+,49-,50-,51+,52-,53+,54+/m1/s1. The quantitative estimate of drug-likeness (QED) is 0.0691. The molecule has 0 amide bonds. The number of rotatable bonds is 22. The second-order valence-corrected chi connectivity index (χ2v) is 16.2. The number of hydrogen-bond acceptors (Lipinski definition) is 11. The van der Waals surface area contributed by atoms with Crippen molar-refractivity contribution in [2.45, 2.75) is 101 Å². The lowest BCUT2D eigenvalue weighted by molar-refractivity contribution is -0.374. The summed E-state index contributed by atoms with van der Waals surface area (Å²) in [5.74, 6) is 0. The van der Waals surface area contributed by atoms with Crippen molar-refractivity contribution in [1.29, 1.82) is 0 Å². The Bertz CT molecular complexity index is 2200. The Balaban J connectivity index is 1.13. The van der Waals surface area contributed by atoms with E-state index in [1.807, 2.05) is 182 Å². The van der Waals surface area contributed by atoms with Gasteiger partial charge in [-0.15, -0.1) is 0 Å². The van der Waals surface area contributed by atoms with Crippen molar-refractivity contribution in [2.24, 2.45) is 0 Å². The second-order valence-electron chi connectivity index (χ2n) is 16.2. The molecule has 2 aliphatic heterocycles. The molecule has 6 aromatic carbocycles. The summed E-state index contributed by atoms with van der Waals surface area (Å²) in [6.07, 6.45) is -10.5. The van der Waals surface area contributed by atoms with Gasteiger partial charge in [0.05, 0.1) is 52.9 Å². The minimum absolute atomic E-state index is 0.0324. The zero-order valence-electron chi connectivity index (χ0n) is 36.3. The van der Waals surface area contributed by atoms with E-state index in [-0.39, 0.29) is 46.2 Å². The highest BCUT2D eigenvalue weighted by atomic mass is 16.8. The number of aliphatic hydroxyl groups is 2. The average molecular weight is 883 g/mol. The van der Waals surface area contributed by atoms with Crippen LogP contribution in [0, 0.1) is 0 Å². The molecule has 0 saturated carbocycles. The van der Waals surface area contributed by atoms with Crippen LogP contribution in [0.3, 0.4) is 0 Å². The zero-order chi connectivity index (χ0) is 44.5. The van der Waals surface area contributed by atoms with Crippen LogP contribution in [0.2, 0.25) is 0 Å². The van der Waals surface area contributed by atoms with Gasteiger partial charge >= 0.3 is 0 Å². The Morgan fingerprint density at radius 3 is 1.09 bits per heavy atom. The van der Waals surface area contributed by atoms with Gasteiger partial charge in [-0.05, 0) is 33.4 Å². The molecule has 340 valence electrons. The van der Waals surface area contributed by atoms with Crippen molar-refractivity contribution in [2.75, 3.05) is 13.2 Å². The summed E-state index contributed by atoms with van der Waals surface area (Å²) >= 11 is 0. The van der Waals surface area contributed by atoms with Crippen LogP contribution >= 0.6 is 0 Å². The van der Waals surface area contributed by atoms with Crippen molar-refractivity contribution in [1.82, 2.24) is 0 Å². The third kappa shape index (κ3) is 13.5. The van der Waals surface area contributed by atoms with E-state index >= 15 is 0 Å². The summed E-state index contributed by atoms with van der Waals surface area (Å²) < 4.78 is 60.0. The van der Waals surface area contributed by atoms with E-state index in [0.717, 1.165) is 33.4 Å². The fraction of sp³-hybridized carbons (Fsp3) is 0.333. The molecule has 0 aromatic heterocycles. The predicted molar refractivity (Wildman–Crippen MR) is 243 cm³/mol. The molecule has 2 heterocycles. The Labute approximate surface area is 381 Å². The van der Waals surface area contributed by atoms with Gasteiger partial charge in [-0.3, -0.25) is 0 Å². The number of hydrogen-bond donors (Lipinski definition) is 2. The number of ether oxygens (including phenoxy) is 9. The molecular weight excluding hydrogens is 825 g/mol. The first-order valence-electron chi connectivity index (χ1n) is 22.3. The van der Waals surface area contributed by atoms with Gasteiger partial charge in [-0.25, -0.2) is 0 Å². The van der Waals surface area contributed by atoms with E-state index in [4.69, 9.17) is 42.6 Å². The van der Waals surface area contributed by atoms with Gasteiger partial charge in [0, 0.05) is 0 Å². The minimum Gasteiger partial charge on any atom is -0.387 e. The lowest BCUT2D eigenvalue weighted by atomic mass is 9.96. The molecule has 2 saturated heterocycles. The van der Waals surface area contributed by atoms with Gasteiger partial charge in [0.1, 0.15) is 48.8 Å². The van der Waals surface area contributed by atoms with Crippen LogP contribution in [-0.2, 0) is 82.3 Å². The molecule has 0 radical (unpaired) electrons. The lowest BCUT2D eigenvalue weighted by Crippen LogP contribution is -2.66. The van der Waals surface area contributed by atoms with E-state index in [9.17, 15) is 10.2 Å². The van der Waals surface area contributed by atoms with E-state index in [1.54, 1.807) is 0 Å². The molecule has 10 atom stereocenters. The maximum Gasteiger partial charge on any atom is 0.187 e. The van der Waals surface area contributed by atoms with Crippen LogP contribution in [0.5, 0.6) is 0 Å². The van der Waals surface area contributed by atoms with Crippen LogP contribution in [0.25, 0.3) is 0 Å². The van der Waals surface area contributed by atoms with Crippen molar-refractivity contribution in [3.63, 3.8) is 0 Å². The van der Waals surface area contributed by atoms with Gasteiger partial charge < -0.3 is 52.8 Å². The van der Waals surface area contributed by atoms with E-state index in [2.05, 4.69) is 0 Å². The summed E-state index contributed by atoms with van der Waals surface area (Å²) in [6, 6.07) is 58.8. The van der Waals surface area contributed by atoms with Crippen molar-refractivity contribution >= 4 is 0 Å². The molecule has 0 aliphatic carbocycles. The minimum atomic E-state index is -1.42. The van der Waals surface area contributed by atoms with Gasteiger partial charge in [0.15, 0.2) is 12.6 Å². The average Bonchev–Trinajstić information content (AvgIpc) is 3.36. The van der Waals surface area contributed by atoms with Crippen molar-refractivity contribution in [3.8, 4) is 0 Å². The molecule has 11 nitrogen and oxygen atoms in total. The highest BCUT2D eigenvalue weighted by Crippen LogP contribution is 2.35.